The second-order valence-corrected chi connectivity index (χ2v) is 3.88. The molecule has 0 aliphatic heterocycles. The molecule has 4 nitrogen and oxygen atoms in total. The minimum Gasteiger partial charge on any atom is -0.469 e. The van der Waals surface area contributed by atoms with Crippen LogP contribution in [0, 0.1) is 18.3 Å². The molecule has 0 heterocycles. The topological polar surface area (TPSA) is 53.3 Å². The Morgan fingerprint density at radius 2 is 2.24 bits per heavy atom. The van der Waals surface area contributed by atoms with Crippen LogP contribution in [0.1, 0.15) is 17.5 Å². The number of carbonyl (C=O) groups excluding carboxylic acids is 1. The number of benzene rings is 1. The zero-order valence-electron chi connectivity index (χ0n) is 10.4. The van der Waals surface area contributed by atoms with Crippen LogP contribution in [0.5, 0.6) is 0 Å². The summed E-state index contributed by atoms with van der Waals surface area (Å²) in [4.78, 5) is 12.9. The lowest BCUT2D eigenvalue weighted by Gasteiger charge is -2.20. The fourth-order valence-corrected chi connectivity index (χ4v) is 1.53. The molecule has 17 heavy (non-hydrogen) atoms. The maximum absolute atomic E-state index is 11.1. The van der Waals surface area contributed by atoms with Gasteiger partial charge in [0.15, 0.2) is 0 Å². The van der Waals surface area contributed by atoms with Crippen LogP contribution < -0.4 is 4.90 Å². The second-order valence-electron chi connectivity index (χ2n) is 3.88. The van der Waals surface area contributed by atoms with E-state index in [1.807, 2.05) is 31.0 Å². The number of hydrogen-bond donors (Lipinski definition) is 0. The molecule has 0 saturated carbocycles. The van der Waals surface area contributed by atoms with Gasteiger partial charge in [0.2, 0.25) is 0 Å². The van der Waals surface area contributed by atoms with Gasteiger partial charge in [-0.3, -0.25) is 4.79 Å². The Morgan fingerprint density at radius 1 is 1.53 bits per heavy atom. The van der Waals surface area contributed by atoms with Gasteiger partial charge in [-0.05, 0) is 24.6 Å². The van der Waals surface area contributed by atoms with E-state index in [0.717, 1.165) is 11.3 Å². The van der Waals surface area contributed by atoms with Crippen LogP contribution in [0.2, 0.25) is 0 Å². The SMILES string of the molecule is COC(=O)CCN(C)c1cc(C)ccc1C#N. The Labute approximate surface area is 101 Å². The number of methoxy groups -OCH3 is 1. The van der Waals surface area contributed by atoms with Gasteiger partial charge in [0.1, 0.15) is 6.07 Å². The largest absolute Gasteiger partial charge is 0.469 e. The maximum Gasteiger partial charge on any atom is 0.307 e. The van der Waals surface area contributed by atoms with Gasteiger partial charge in [0.05, 0.1) is 24.8 Å². The minimum atomic E-state index is -0.247. The van der Waals surface area contributed by atoms with Crippen molar-refractivity contribution in [3.63, 3.8) is 0 Å². The molecule has 0 aromatic heterocycles. The molecule has 0 bridgehead atoms. The first kappa shape index (κ1) is 13.0. The third kappa shape index (κ3) is 3.49. The molecule has 0 unspecified atom stereocenters. The molecule has 0 saturated heterocycles. The highest BCUT2D eigenvalue weighted by atomic mass is 16.5. The van der Waals surface area contributed by atoms with E-state index < -0.39 is 0 Å². The molecule has 0 aliphatic carbocycles. The van der Waals surface area contributed by atoms with Crippen LogP contribution >= 0.6 is 0 Å². The summed E-state index contributed by atoms with van der Waals surface area (Å²) in [6.07, 6.45) is 0.311. The van der Waals surface area contributed by atoms with Crippen molar-refractivity contribution in [3.8, 4) is 6.07 Å². The highest BCUT2D eigenvalue weighted by molar-refractivity contribution is 5.70. The quantitative estimate of drug-likeness (QED) is 0.744. The normalized spacial score (nSPS) is 9.53. The molecule has 0 aliphatic rings. The van der Waals surface area contributed by atoms with Crippen molar-refractivity contribution in [2.45, 2.75) is 13.3 Å². The number of ether oxygens (including phenoxy) is 1. The van der Waals surface area contributed by atoms with Crippen molar-refractivity contribution in [3.05, 3.63) is 29.3 Å². The Kier molecular flexibility index (Phi) is 4.53. The van der Waals surface area contributed by atoms with Gasteiger partial charge in [-0.15, -0.1) is 0 Å². The van der Waals surface area contributed by atoms with Crippen molar-refractivity contribution in [1.29, 1.82) is 5.26 Å². The summed E-state index contributed by atoms with van der Waals surface area (Å²) in [5, 5.41) is 9.01. The number of nitriles is 1. The Hall–Kier alpha value is -2.02. The van der Waals surface area contributed by atoms with Crippen molar-refractivity contribution in [1.82, 2.24) is 0 Å². The third-order valence-corrected chi connectivity index (χ3v) is 2.56. The second kappa shape index (κ2) is 5.90. The van der Waals surface area contributed by atoms with Crippen LogP contribution in [-0.2, 0) is 9.53 Å². The molecule has 1 rings (SSSR count). The van der Waals surface area contributed by atoms with Gasteiger partial charge in [-0.25, -0.2) is 0 Å². The smallest absolute Gasteiger partial charge is 0.307 e. The lowest BCUT2D eigenvalue weighted by atomic mass is 10.1. The number of carbonyl (C=O) groups is 1. The van der Waals surface area contributed by atoms with Crippen molar-refractivity contribution < 1.29 is 9.53 Å². The number of anilines is 1. The van der Waals surface area contributed by atoms with Crippen LogP contribution in [-0.4, -0.2) is 26.7 Å². The van der Waals surface area contributed by atoms with E-state index in [4.69, 9.17) is 5.26 Å². The van der Waals surface area contributed by atoms with Crippen molar-refractivity contribution in [2.75, 3.05) is 25.6 Å². The molecular formula is C13H16N2O2. The standard InChI is InChI=1S/C13H16N2O2/c1-10-4-5-11(9-14)12(8-10)15(2)7-6-13(16)17-3/h4-5,8H,6-7H2,1-3H3. The summed E-state index contributed by atoms with van der Waals surface area (Å²) >= 11 is 0. The fraction of sp³-hybridized carbons (Fsp3) is 0.385. The van der Waals surface area contributed by atoms with E-state index in [1.165, 1.54) is 7.11 Å². The minimum absolute atomic E-state index is 0.247. The Balaban J connectivity index is 2.81. The first-order valence-corrected chi connectivity index (χ1v) is 5.37. The average molecular weight is 232 g/mol. The molecule has 0 atom stereocenters. The van der Waals surface area contributed by atoms with E-state index in [-0.39, 0.29) is 5.97 Å². The number of aryl methyl sites for hydroxylation is 1. The highest BCUT2D eigenvalue weighted by Gasteiger charge is 2.09. The molecule has 1 aromatic rings. The zero-order valence-corrected chi connectivity index (χ0v) is 10.4. The predicted octanol–water partition coefficient (Wildman–Crippen LogP) is 1.87. The average Bonchev–Trinajstić information content (AvgIpc) is 2.35. The van der Waals surface area contributed by atoms with E-state index in [2.05, 4.69) is 10.8 Å². The number of rotatable bonds is 4. The maximum atomic E-state index is 11.1. The van der Waals surface area contributed by atoms with Crippen molar-refractivity contribution in [2.24, 2.45) is 0 Å². The Morgan fingerprint density at radius 3 is 2.82 bits per heavy atom. The molecular weight excluding hydrogens is 216 g/mol. The van der Waals surface area contributed by atoms with Gasteiger partial charge in [0.25, 0.3) is 0 Å². The van der Waals surface area contributed by atoms with E-state index >= 15 is 0 Å². The van der Waals surface area contributed by atoms with E-state index in [1.54, 1.807) is 6.07 Å². The molecule has 0 fully saturated rings. The molecule has 90 valence electrons. The van der Waals surface area contributed by atoms with E-state index in [9.17, 15) is 4.79 Å². The number of esters is 1. The molecule has 1 aromatic carbocycles. The van der Waals surface area contributed by atoms with Gasteiger partial charge in [-0.1, -0.05) is 6.07 Å². The van der Waals surface area contributed by atoms with Gasteiger partial charge in [0, 0.05) is 13.6 Å². The first-order valence-electron chi connectivity index (χ1n) is 5.37. The summed E-state index contributed by atoms with van der Waals surface area (Å²) < 4.78 is 4.59. The molecule has 0 N–H and O–H groups in total. The summed E-state index contributed by atoms with van der Waals surface area (Å²) in [7, 11) is 3.23. The van der Waals surface area contributed by atoms with Crippen LogP contribution in [0.4, 0.5) is 5.69 Å². The summed E-state index contributed by atoms with van der Waals surface area (Å²) in [6, 6.07) is 7.78. The zero-order chi connectivity index (χ0) is 12.8. The van der Waals surface area contributed by atoms with E-state index in [0.29, 0.717) is 18.5 Å². The lowest BCUT2D eigenvalue weighted by molar-refractivity contribution is -0.140. The number of hydrogen-bond acceptors (Lipinski definition) is 4. The molecule has 0 spiro atoms. The van der Waals surface area contributed by atoms with Gasteiger partial charge in [-0.2, -0.15) is 5.26 Å². The number of nitrogens with zero attached hydrogens (tertiary/aromatic N) is 2. The summed E-state index contributed by atoms with van der Waals surface area (Å²) in [5.74, 6) is -0.247. The predicted molar refractivity (Wildman–Crippen MR) is 65.8 cm³/mol. The lowest BCUT2D eigenvalue weighted by Crippen LogP contribution is -2.22. The first-order chi connectivity index (χ1) is 8.08. The van der Waals surface area contributed by atoms with Crippen molar-refractivity contribution >= 4 is 11.7 Å². The van der Waals surface area contributed by atoms with Crippen LogP contribution in [0.25, 0.3) is 0 Å². The van der Waals surface area contributed by atoms with Gasteiger partial charge < -0.3 is 9.64 Å². The van der Waals surface area contributed by atoms with Crippen LogP contribution in [0.15, 0.2) is 18.2 Å². The van der Waals surface area contributed by atoms with Crippen LogP contribution in [0.3, 0.4) is 0 Å². The molecule has 0 amide bonds. The fourth-order valence-electron chi connectivity index (χ4n) is 1.53. The monoisotopic (exact) mass is 232 g/mol. The molecule has 4 heteroatoms. The molecule has 0 radical (unpaired) electrons. The Bertz CT molecular complexity index is 449. The summed E-state index contributed by atoms with van der Waals surface area (Å²) in [6.45, 7) is 2.50. The third-order valence-electron chi connectivity index (χ3n) is 2.56. The highest BCUT2D eigenvalue weighted by Crippen LogP contribution is 2.20. The summed E-state index contributed by atoms with van der Waals surface area (Å²) in [5.41, 5.74) is 2.54. The van der Waals surface area contributed by atoms with Gasteiger partial charge >= 0.3 is 5.97 Å².